The third-order valence-electron chi connectivity index (χ3n) is 5.76. The molecule has 0 aromatic carbocycles. The number of hydrogen-bond acceptors (Lipinski definition) is 6. The van der Waals surface area contributed by atoms with Gasteiger partial charge < -0.3 is 31.7 Å². The molecule has 35 heavy (non-hydrogen) atoms. The number of carboxylic acids is 3. The fourth-order valence-electron chi connectivity index (χ4n) is 3.58. The molecule has 0 fully saturated rings. The fourth-order valence-corrected chi connectivity index (χ4v) is 3.58. The molecule has 0 radical (unpaired) electrons. The number of amides is 2. The molecular weight excluding hydrogens is 458 g/mol. The van der Waals surface area contributed by atoms with Gasteiger partial charge in [-0.2, -0.15) is 0 Å². The summed E-state index contributed by atoms with van der Waals surface area (Å²) in [5.41, 5.74) is 5.38. The zero-order chi connectivity index (χ0) is 26.6. The Morgan fingerprint density at radius 3 is 1.54 bits per heavy atom. The predicted octanol–water partition coefficient (Wildman–Crippen LogP) is 2.41. The number of carboxylic acid groups (broad SMARTS) is 3. The molecule has 0 spiro atoms. The van der Waals surface area contributed by atoms with Crippen molar-refractivity contribution in [3.05, 3.63) is 0 Å². The standard InChI is InChI=1S/C24H43N3O8/c1-2-3-4-5-6-7-8-9-10-14-20(28)27-19(24(34)35)15-16-21(29)26-18(23(32)33)13-11-12-17(25)22(30)31/h17-19H,2-16,25H2,1H3,(H,26,29)(H,27,28)(H,30,31)(H,32,33)(H,34,35)/t17-,18+,19-/m1/s1. The molecule has 202 valence electrons. The Morgan fingerprint density at radius 1 is 0.600 bits per heavy atom. The summed E-state index contributed by atoms with van der Waals surface area (Å²) in [6.07, 6.45) is 9.85. The Hall–Kier alpha value is -2.69. The zero-order valence-corrected chi connectivity index (χ0v) is 20.8. The van der Waals surface area contributed by atoms with Crippen molar-refractivity contribution in [3.8, 4) is 0 Å². The van der Waals surface area contributed by atoms with Gasteiger partial charge in [0.2, 0.25) is 11.8 Å². The van der Waals surface area contributed by atoms with Crippen molar-refractivity contribution in [2.24, 2.45) is 5.73 Å². The maximum absolute atomic E-state index is 12.1. The third-order valence-corrected chi connectivity index (χ3v) is 5.76. The summed E-state index contributed by atoms with van der Waals surface area (Å²) in [4.78, 5) is 57.8. The molecule has 0 aliphatic carbocycles. The maximum Gasteiger partial charge on any atom is 0.326 e. The van der Waals surface area contributed by atoms with Gasteiger partial charge in [0.25, 0.3) is 0 Å². The number of unbranched alkanes of at least 4 members (excludes halogenated alkanes) is 8. The topological polar surface area (TPSA) is 196 Å². The minimum absolute atomic E-state index is 0.0140. The van der Waals surface area contributed by atoms with Crippen LogP contribution in [0.5, 0.6) is 0 Å². The van der Waals surface area contributed by atoms with Crippen LogP contribution < -0.4 is 16.4 Å². The number of hydrogen-bond donors (Lipinski definition) is 6. The highest BCUT2D eigenvalue weighted by molar-refractivity contribution is 5.86. The summed E-state index contributed by atoms with van der Waals surface area (Å²) >= 11 is 0. The van der Waals surface area contributed by atoms with Gasteiger partial charge in [-0.15, -0.1) is 0 Å². The lowest BCUT2D eigenvalue weighted by atomic mass is 10.0. The second-order valence-corrected chi connectivity index (χ2v) is 8.91. The van der Waals surface area contributed by atoms with Crippen molar-refractivity contribution in [1.82, 2.24) is 10.6 Å². The molecule has 0 heterocycles. The smallest absolute Gasteiger partial charge is 0.326 e. The summed E-state index contributed by atoms with van der Waals surface area (Å²) in [6.45, 7) is 2.18. The van der Waals surface area contributed by atoms with Gasteiger partial charge in [-0.05, 0) is 32.1 Å². The molecule has 2 amide bonds. The van der Waals surface area contributed by atoms with E-state index in [1.54, 1.807) is 0 Å². The van der Waals surface area contributed by atoms with Crippen LogP contribution in [0.4, 0.5) is 0 Å². The monoisotopic (exact) mass is 501 g/mol. The normalized spacial score (nSPS) is 13.4. The molecule has 0 aromatic heterocycles. The van der Waals surface area contributed by atoms with Crippen LogP contribution in [0.25, 0.3) is 0 Å². The Kier molecular flexibility index (Phi) is 18.1. The molecule has 0 saturated carbocycles. The quantitative estimate of drug-likeness (QED) is 0.121. The van der Waals surface area contributed by atoms with Gasteiger partial charge in [0.1, 0.15) is 18.1 Å². The molecule has 11 heteroatoms. The van der Waals surface area contributed by atoms with Gasteiger partial charge in [0.05, 0.1) is 0 Å². The van der Waals surface area contributed by atoms with E-state index in [1.165, 1.54) is 32.1 Å². The van der Waals surface area contributed by atoms with Crippen LogP contribution in [0, 0.1) is 0 Å². The van der Waals surface area contributed by atoms with Gasteiger partial charge in [-0.1, -0.05) is 58.3 Å². The van der Waals surface area contributed by atoms with E-state index in [1.807, 2.05) is 0 Å². The Morgan fingerprint density at radius 2 is 1.06 bits per heavy atom. The van der Waals surface area contributed by atoms with E-state index < -0.39 is 41.9 Å². The van der Waals surface area contributed by atoms with Crippen LogP contribution in [-0.2, 0) is 24.0 Å². The van der Waals surface area contributed by atoms with E-state index in [2.05, 4.69) is 17.6 Å². The molecule has 11 nitrogen and oxygen atoms in total. The molecule has 0 bridgehead atoms. The summed E-state index contributed by atoms with van der Waals surface area (Å²) in [5, 5.41) is 32.1. The van der Waals surface area contributed by atoms with Crippen LogP contribution in [0.3, 0.4) is 0 Å². The van der Waals surface area contributed by atoms with Crippen molar-refractivity contribution >= 4 is 29.7 Å². The average molecular weight is 502 g/mol. The molecule has 3 atom stereocenters. The summed E-state index contributed by atoms with van der Waals surface area (Å²) in [5.74, 6) is -4.80. The fraction of sp³-hybridized carbons (Fsp3) is 0.792. The Balaban J connectivity index is 4.28. The van der Waals surface area contributed by atoms with Crippen LogP contribution in [0.2, 0.25) is 0 Å². The van der Waals surface area contributed by atoms with Crippen LogP contribution in [0.1, 0.15) is 103 Å². The van der Waals surface area contributed by atoms with Gasteiger partial charge in [-0.25, -0.2) is 9.59 Å². The number of carbonyl (C=O) groups excluding carboxylic acids is 2. The van der Waals surface area contributed by atoms with E-state index >= 15 is 0 Å². The lowest BCUT2D eigenvalue weighted by Gasteiger charge is -2.17. The van der Waals surface area contributed by atoms with Crippen molar-refractivity contribution in [2.75, 3.05) is 0 Å². The summed E-state index contributed by atoms with van der Waals surface area (Å²) in [6, 6.07) is -3.60. The number of aliphatic carboxylic acids is 3. The van der Waals surface area contributed by atoms with E-state index in [4.69, 9.17) is 10.8 Å². The first-order valence-corrected chi connectivity index (χ1v) is 12.6. The minimum Gasteiger partial charge on any atom is -0.480 e. The largest absolute Gasteiger partial charge is 0.480 e. The Labute approximate surface area is 207 Å². The van der Waals surface area contributed by atoms with Crippen LogP contribution in [-0.4, -0.2) is 63.2 Å². The van der Waals surface area contributed by atoms with Crippen molar-refractivity contribution in [1.29, 1.82) is 0 Å². The first kappa shape index (κ1) is 32.3. The number of rotatable bonds is 22. The number of nitrogens with one attached hydrogen (secondary N) is 2. The summed E-state index contributed by atoms with van der Waals surface area (Å²) < 4.78 is 0. The van der Waals surface area contributed by atoms with Crippen molar-refractivity contribution in [2.45, 2.75) is 121 Å². The molecular formula is C24H43N3O8. The first-order chi connectivity index (χ1) is 16.6. The van der Waals surface area contributed by atoms with Gasteiger partial charge in [0.15, 0.2) is 0 Å². The highest BCUT2D eigenvalue weighted by atomic mass is 16.4. The SMILES string of the molecule is CCCCCCCCCCCC(=O)N[C@H](CCC(=O)N[C@@H](CCC[C@@H](N)C(=O)O)C(=O)O)C(=O)O. The van der Waals surface area contributed by atoms with E-state index in [9.17, 15) is 34.2 Å². The Bertz CT molecular complexity index is 671. The molecule has 0 saturated heterocycles. The lowest BCUT2D eigenvalue weighted by molar-refractivity contribution is -0.143. The van der Waals surface area contributed by atoms with Gasteiger partial charge in [-0.3, -0.25) is 14.4 Å². The minimum atomic E-state index is -1.29. The van der Waals surface area contributed by atoms with E-state index in [0.29, 0.717) is 6.42 Å². The van der Waals surface area contributed by atoms with Crippen LogP contribution in [0.15, 0.2) is 0 Å². The second-order valence-electron chi connectivity index (χ2n) is 8.91. The van der Waals surface area contributed by atoms with Gasteiger partial charge in [0, 0.05) is 12.8 Å². The number of carbonyl (C=O) groups is 5. The van der Waals surface area contributed by atoms with E-state index in [-0.39, 0.29) is 44.4 Å². The maximum atomic E-state index is 12.1. The highest BCUT2D eigenvalue weighted by Crippen LogP contribution is 2.11. The molecule has 0 aliphatic rings. The molecule has 0 unspecified atom stereocenters. The van der Waals surface area contributed by atoms with Crippen molar-refractivity contribution in [3.63, 3.8) is 0 Å². The molecule has 7 N–H and O–H groups in total. The highest BCUT2D eigenvalue weighted by Gasteiger charge is 2.24. The van der Waals surface area contributed by atoms with E-state index in [0.717, 1.165) is 19.3 Å². The van der Waals surface area contributed by atoms with Crippen LogP contribution >= 0.6 is 0 Å². The van der Waals surface area contributed by atoms with Gasteiger partial charge >= 0.3 is 17.9 Å². The molecule has 0 aromatic rings. The lowest BCUT2D eigenvalue weighted by Crippen LogP contribution is -2.44. The molecule has 0 rings (SSSR count). The third kappa shape index (κ3) is 17.4. The average Bonchev–Trinajstić information content (AvgIpc) is 2.79. The first-order valence-electron chi connectivity index (χ1n) is 12.6. The molecule has 0 aliphatic heterocycles. The zero-order valence-electron chi connectivity index (χ0n) is 20.8. The van der Waals surface area contributed by atoms with Crippen molar-refractivity contribution < 1.29 is 39.3 Å². The predicted molar refractivity (Wildman–Crippen MR) is 130 cm³/mol. The second kappa shape index (κ2) is 19.6. The number of nitrogens with two attached hydrogens (primary N) is 1. The summed E-state index contributed by atoms with van der Waals surface area (Å²) in [7, 11) is 0.